The molecule has 0 radical (unpaired) electrons. The Hall–Kier alpha value is -3.26. The Morgan fingerprint density at radius 3 is 2.68 bits per heavy atom. The fraction of sp³-hybridized carbons (Fsp3) is 0.300. The SMILES string of the molecule is c1cncc(-c2ccc3nnc(C4CCN(Cc5ccncn5)CC4)n3n2)c1. The molecule has 1 fully saturated rings. The lowest BCUT2D eigenvalue weighted by Gasteiger charge is -2.30. The molecule has 1 aliphatic rings. The second-order valence-electron chi connectivity index (χ2n) is 7.04. The Labute approximate surface area is 162 Å². The Kier molecular flexibility index (Phi) is 4.46. The molecular formula is C20H20N8. The van der Waals surface area contributed by atoms with Crippen molar-refractivity contribution in [3.8, 4) is 11.3 Å². The number of fused-ring (bicyclic) bond motifs is 1. The van der Waals surface area contributed by atoms with E-state index >= 15 is 0 Å². The Morgan fingerprint density at radius 2 is 1.89 bits per heavy atom. The van der Waals surface area contributed by atoms with Gasteiger partial charge < -0.3 is 0 Å². The maximum Gasteiger partial charge on any atom is 0.177 e. The molecule has 0 aliphatic carbocycles. The highest BCUT2D eigenvalue weighted by molar-refractivity contribution is 5.58. The quantitative estimate of drug-likeness (QED) is 0.543. The van der Waals surface area contributed by atoms with Crippen LogP contribution in [0.4, 0.5) is 0 Å². The van der Waals surface area contributed by atoms with Crippen LogP contribution in [-0.4, -0.2) is 52.8 Å². The van der Waals surface area contributed by atoms with Gasteiger partial charge >= 0.3 is 0 Å². The van der Waals surface area contributed by atoms with Crippen LogP contribution in [0.2, 0.25) is 0 Å². The van der Waals surface area contributed by atoms with E-state index in [9.17, 15) is 0 Å². The topological polar surface area (TPSA) is 85.0 Å². The zero-order chi connectivity index (χ0) is 18.8. The molecule has 8 nitrogen and oxygen atoms in total. The monoisotopic (exact) mass is 372 g/mol. The van der Waals surface area contributed by atoms with E-state index in [2.05, 4.69) is 30.0 Å². The van der Waals surface area contributed by atoms with Crippen molar-refractivity contribution in [3.05, 3.63) is 66.8 Å². The summed E-state index contributed by atoms with van der Waals surface area (Å²) < 4.78 is 1.90. The molecule has 0 saturated carbocycles. The molecule has 1 aliphatic heterocycles. The molecule has 0 amide bonds. The fourth-order valence-corrected chi connectivity index (χ4v) is 3.72. The van der Waals surface area contributed by atoms with E-state index in [-0.39, 0.29) is 0 Å². The van der Waals surface area contributed by atoms with E-state index in [0.717, 1.165) is 60.9 Å². The van der Waals surface area contributed by atoms with Crippen molar-refractivity contribution >= 4 is 5.65 Å². The molecule has 5 heterocycles. The Balaban J connectivity index is 1.34. The number of hydrogen-bond donors (Lipinski definition) is 0. The number of pyridine rings is 1. The van der Waals surface area contributed by atoms with E-state index in [1.165, 1.54) is 0 Å². The lowest BCUT2D eigenvalue weighted by Crippen LogP contribution is -2.33. The van der Waals surface area contributed by atoms with Gasteiger partial charge in [-0.3, -0.25) is 9.88 Å². The second-order valence-corrected chi connectivity index (χ2v) is 7.04. The first kappa shape index (κ1) is 16.9. The fourth-order valence-electron chi connectivity index (χ4n) is 3.72. The number of hydrogen-bond acceptors (Lipinski definition) is 7. The zero-order valence-electron chi connectivity index (χ0n) is 15.4. The van der Waals surface area contributed by atoms with Gasteiger partial charge in [0.1, 0.15) is 6.33 Å². The summed E-state index contributed by atoms with van der Waals surface area (Å²) in [6.45, 7) is 2.87. The molecule has 4 aromatic heterocycles. The minimum Gasteiger partial charge on any atom is -0.297 e. The summed E-state index contributed by atoms with van der Waals surface area (Å²) in [5.74, 6) is 1.30. The molecule has 1 saturated heterocycles. The molecule has 0 N–H and O–H groups in total. The molecule has 0 aromatic carbocycles. The summed E-state index contributed by atoms with van der Waals surface area (Å²) in [5.41, 5.74) is 3.71. The minimum absolute atomic E-state index is 0.355. The number of rotatable bonds is 4. The first-order chi connectivity index (χ1) is 13.9. The molecule has 28 heavy (non-hydrogen) atoms. The minimum atomic E-state index is 0.355. The van der Waals surface area contributed by atoms with Gasteiger partial charge in [0, 0.05) is 36.6 Å². The van der Waals surface area contributed by atoms with Gasteiger partial charge in [-0.1, -0.05) is 0 Å². The summed E-state index contributed by atoms with van der Waals surface area (Å²) in [6.07, 6.45) is 9.06. The maximum atomic E-state index is 4.79. The van der Waals surface area contributed by atoms with Gasteiger partial charge in [0.05, 0.1) is 11.4 Å². The van der Waals surface area contributed by atoms with Gasteiger partial charge in [-0.25, -0.2) is 9.97 Å². The van der Waals surface area contributed by atoms with Crippen molar-refractivity contribution in [2.45, 2.75) is 25.3 Å². The third-order valence-corrected chi connectivity index (χ3v) is 5.23. The molecule has 5 rings (SSSR count). The third-order valence-electron chi connectivity index (χ3n) is 5.23. The van der Waals surface area contributed by atoms with E-state index < -0.39 is 0 Å². The van der Waals surface area contributed by atoms with Gasteiger partial charge in [0.25, 0.3) is 0 Å². The smallest absolute Gasteiger partial charge is 0.177 e. The number of likely N-dealkylation sites (tertiary alicyclic amines) is 1. The summed E-state index contributed by atoms with van der Waals surface area (Å²) in [6, 6.07) is 9.84. The van der Waals surface area contributed by atoms with Gasteiger partial charge in [-0.05, 0) is 56.3 Å². The van der Waals surface area contributed by atoms with Crippen LogP contribution in [0, 0.1) is 0 Å². The van der Waals surface area contributed by atoms with Crippen LogP contribution in [0.15, 0.2) is 55.2 Å². The molecule has 0 atom stereocenters. The van der Waals surface area contributed by atoms with E-state index in [0.29, 0.717) is 5.92 Å². The van der Waals surface area contributed by atoms with Crippen LogP contribution < -0.4 is 0 Å². The van der Waals surface area contributed by atoms with Crippen LogP contribution in [0.25, 0.3) is 16.9 Å². The van der Waals surface area contributed by atoms with E-state index in [1.54, 1.807) is 18.7 Å². The molecule has 0 bridgehead atoms. The van der Waals surface area contributed by atoms with Gasteiger partial charge in [-0.2, -0.15) is 9.61 Å². The molecular weight excluding hydrogens is 352 g/mol. The number of nitrogens with zero attached hydrogens (tertiary/aromatic N) is 8. The molecule has 0 spiro atoms. The van der Waals surface area contributed by atoms with E-state index in [4.69, 9.17) is 5.10 Å². The normalized spacial score (nSPS) is 15.9. The highest BCUT2D eigenvalue weighted by Gasteiger charge is 2.25. The van der Waals surface area contributed by atoms with Crippen molar-refractivity contribution < 1.29 is 0 Å². The van der Waals surface area contributed by atoms with Crippen LogP contribution in [-0.2, 0) is 6.54 Å². The first-order valence-electron chi connectivity index (χ1n) is 9.47. The largest absolute Gasteiger partial charge is 0.297 e. The first-order valence-corrected chi connectivity index (χ1v) is 9.47. The molecule has 140 valence electrons. The lowest BCUT2D eigenvalue weighted by atomic mass is 9.96. The van der Waals surface area contributed by atoms with E-state index in [1.807, 2.05) is 41.0 Å². The van der Waals surface area contributed by atoms with Crippen molar-refractivity contribution in [1.82, 2.24) is 39.7 Å². The molecule has 0 unspecified atom stereocenters. The van der Waals surface area contributed by atoms with Crippen molar-refractivity contribution in [2.75, 3.05) is 13.1 Å². The lowest BCUT2D eigenvalue weighted by molar-refractivity contribution is 0.199. The molecule has 8 heteroatoms. The van der Waals surface area contributed by atoms with Crippen molar-refractivity contribution in [3.63, 3.8) is 0 Å². The van der Waals surface area contributed by atoms with Crippen LogP contribution in [0.3, 0.4) is 0 Å². The third kappa shape index (κ3) is 3.34. The standard InChI is InChI=1S/C20H20N8/c1-2-16(12-21-8-1)18-3-4-19-24-25-20(28(19)26-18)15-6-10-27(11-7-15)13-17-5-9-22-14-23-17/h1-5,8-9,12,14-15H,6-7,10-11,13H2. The van der Waals surface area contributed by atoms with Crippen LogP contribution in [0.1, 0.15) is 30.3 Å². The van der Waals surface area contributed by atoms with Crippen LogP contribution in [0.5, 0.6) is 0 Å². The highest BCUT2D eigenvalue weighted by Crippen LogP contribution is 2.28. The average molecular weight is 372 g/mol. The van der Waals surface area contributed by atoms with Gasteiger partial charge in [0.2, 0.25) is 0 Å². The maximum absolute atomic E-state index is 4.79. The Morgan fingerprint density at radius 1 is 0.964 bits per heavy atom. The number of aromatic nitrogens is 7. The van der Waals surface area contributed by atoms with Crippen LogP contribution >= 0.6 is 0 Å². The summed E-state index contributed by atoms with van der Waals surface area (Å²) in [7, 11) is 0. The predicted octanol–water partition coefficient (Wildman–Crippen LogP) is 2.36. The summed E-state index contributed by atoms with van der Waals surface area (Å²) >= 11 is 0. The van der Waals surface area contributed by atoms with Gasteiger partial charge in [0.15, 0.2) is 11.5 Å². The number of piperidine rings is 1. The summed E-state index contributed by atoms with van der Waals surface area (Å²) in [5, 5.41) is 13.6. The van der Waals surface area contributed by atoms with Gasteiger partial charge in [-0.15, -0.1) is 10.2 Å². The Bertz CT molecular complexity index is 1060. The summed E-state index contributed by atoms with van der Waals surface area (Å²) in [4.78, 5) is 14.9. The second kappa shape index (κ2) is 7.40. The van der Waals surface area contributed by atoms with Crippen molar-refractivity contribution in [2.24, 2.45) is 0 Å². The van der Waals surface area contributed by atoms with Crippen molar-refractivity contribution in [1.29, 1.82) is 0 Å². The zero-order valence-corrected chi connectivity index (χ0v) is 15.4. The highest BCUT2D eigenvalue weighted by atomic mass is 15.4. The molecule has 4 aromatic rings. The average Bonchev–Trinajstić information content (AvgIpc) is 3.19. The predicted molar refractivity (Wildman–Crippen MR) is 103 cm³/mol.